The van der Waals surface area contributed by atoms with Crippen LogP contribution in [0.15, 0.2) is 0 Å². The molecule has 1 aliphatic heterocycles. The van der Waals surface area contributed by atoms with E-state index in [2.05, 4.69) is 22.6 Å². The molecule has 1 saturated carbocycles. The fourth-order valence-corrected chi connectivity index (χ4v) is 3.15. The second-order valence-corrected chi connectivity index (χ2v) is 4.94. The van der Waals surface area contributed by atoms with Gasteiger partial charge in [0.05, 0.1) is 6.42 Å². The monoisotopic (exact) mass is 266 g/mol. The van der Waals surface area contributed by atoms with Crippen LogP contribution in [0, 0.1) is 5.92 Å². The van der Waals surface area contributed by atoms with E-state index in [9.17, 15) is 4.79 Å². The van der Waals surface area contributed by atoms with Crippen molar-refractivity contribution in [3.63, 3.8) is 0 Å². The van der Waals surface area contributed by atoms with Crippen molar-refractivity contribution in [1.29, 1.82) is 0 Å². The highest BCUT2D eigenvalue weighted by molar-refractivity contribution is 14.1. The van der Waals surface area contributed by atoms with Gasteiger partial charge in [-0.05, 0) is 19.3 Å². The maximum Gasteiger partial charge on any atom is 0.306 e. The Hall–Kier alpha value is 0.200. The Morgan fingerprint density at radius 2 is 2.27 bits per heavy atom. The molecule has 1 heterocycles. The summed E-state index contributed by atoms with van der Waals surface area (Å²) in [6.07, 6.45) is 4.51. The summed E-state index contributed by atoms with van der Waals surface area (Å²) in [5, 5.41) is 0. The van der Waals surface area contributed by atoms with Gasteiger partial charge < -0.3 is 4.74 Å². The first-order chi connectivity index (χ1) is 5.27. The molecule has 62 valence electrons. The van der Waals surface area contributed by atoms with E-state index in [-0.39, 0.29) is 12.1 Å². The predicted molar refractivity (Wildman–Crippen MR) is 49.6 cm³/mol. The summed E-state index contributed by atoms with van der Waals surface area (Å²) < 4.78 is 5.86. The minimum atomic E-state index is 0.0172. The molecular formula is C8H11IO2. The van der Waals surface area contributed by atoms with Crippen molar-refractivity contribution in [2.75, 3.05) is 0 Å². The zero-order valence-electron chi connectivity index (χ0n) is 6.25. The number of alkyl halides is 1. The Kier molecular flexibility index (Phi) is 2.08. The lowest BCUT2D eigenvalue weighted by Gasteiger charge is -2.27. The van der Waals surface area contributed by atoms with Crippen LogP contribution in [0.2, 0.25) is 0 Å². The lowest BCUT2D eigenvalue weighted by atomic mass is 9.86. The number of hydrogen-bond donors (Lipinski definition) is 0. The molecule has 2 fully saturated rings. The second kappa shape index (κ2) is 2.92. The lowest BCUT2D eigenvalue weighted by molar-refractivity contribution is -0.141. The number of hydrogen-bond acceptors (Lipinski definition) is 2. The molecule has 0 spiro atoms. The number of fused-ring (bicyclic) bond motifs is 1. The molecule has 3 atom stereocenters. The second-order valence-electron chi connectivity index (χ2n) is 3.34. The van der Waals surface area contributed by atoms with Gasteiger partial charge in [-0.25, -0.2) is 0 Å². The molecule has 1 aliphatic carbocycles. The summed E-state index contributed by atoms with van der Waals surface area (Å²) in [4.78, 5) is 10.9. The van der Waals surface area contributed by atoms with E-state index in [1.165, 1.54) is 12.8 Å². The van der Waals surface area contributed by atoms with Crippen LogP contribution < -0.4 is 0 Å². The molecule has 2 aliphatic rings. The number of esters is 1. The van der Waals surface area contributed by atoms with Crippen molar-refractivity contribution in [1.82, 2.24) is 0 Å². The Morgan fingerprint density at radius 3 is 3.00 bits per heavy atom. The zero-order chi connectivity index (χ0) is 7.84. The Bertz CT molecular complexity index is 181. The van der Waals surface area contributed by atoms with Gasteiger partial charge in [-0.3, -0.25) is 4.79 Å². The summed E-state index contributed by atoms with van der Waals surface area (Å²) in [7, 11) is 0. The molecule has 0 unspecified atom stereocenters. The van der Waals surface area contributed by atoms with Crippen LogP contribution >= 0.6 is 22.6 Å². The molecule has 0 amide bonds. The smallest absolute Gasteiger partial charge is 0.306 e. The predicted octanol–water partition coefficient (Wildman–Crippen LogP) is 1.91. The molecular weight excluding hydrogens is 255 g/mol. The van der Waals surface area contributed by atoms with Gasteiger partial charge in [-0.2, -0.15) is 0 Å². The largest absolute Gasteiger partial charge is 0.462 e. The topological polar surface area (TPSA) is 26.3 Å². The van der Waals surface area contributed by atoms with E-state index in [1.807, 2.05) is 0 Å². The van der Waals surface area contributed by atoms with Gasteiger partial charge in [0.1, 0.15) is 6.10 Å². The van der Waals surface area contributed by atoms with Crippen molar-refractivity contribution in [2.24, 2.45) is 5.92 Å². The first-order valence-electron chi connectivity index (χ1n) is 4.11. The first kappa shape index (κ1) is 7.83. The highest BCUT2D eigenvalue weighted by Gasteiger charge is 2.40. The Labute approximate surface area is 79.8 Å². The molecule has 0 N–H and O–H groups in total. The van der Waals surface area contributed by atoms with E-state index in [4.69, 9.17) is 4.74 Å². The highest BCUT2D eigenvalue weighted by atomic mass is 127. The molecule has 0 aromatic heterocycles. The SMILES string of the molecule is O=C1C[C@H]2[C@H](CCC[C@@H]2I)O1. The van der Waals surface area contributed by atoms with Gasteiger partial charge in [-0.15, -0.1) is 0 Å². The van der Waals surface area contributed by atoms with Crippen LogP contribution in [0.3, 0.4) is 0 Å². The van der Waals surface area contributed by atoms with Crippen molar-refractivity contribution in [2.45, 2.75) is 35.7 Å². The number of rotatable bonds is 0. The third-order valence-electron chi connectivity index (χ3n) is 2.60. The maximum atomic E-state index is 10.9. The lowest BCUT2D eigenvalue weighted by Crippen LogP contribution is -2.28. The van der Waals surface area contributed by atoms with Crippen molar-refractivity contribution >= 4 is 28.6 Å². The van der Waals surface area contributed by atoms with Crippen LogP contribution in [0.5, 0.6) is 0 Å². The molecule has 11 heavy (non-hydrogen) atoms. The van der Waals surface area contributed by atoms with E-state index in [1.54, 1.807) is 0 Å². The van der Waals surface area contributed by atoms with E-state index >= 15 is 0 Å². The quantitative estimate of drug-likeness (QED) is 0.380. The number of halogens is 1. The van der Waals surface area contributed by atoms with Crippen molar-refractivity contribution < 1.29 is 9.53 Å². The van der Waals surface area contributed by atoms with E-state index < -0.39 is 0 Å². The van der Waals surface area contributed by atoms with E-state index in [0.717, 1.165) is 6.42 Å². The van der Waals surface area contributed by atoms with Crippen LogP contribution in [-0.4, -0.2) is 16.0 Å². The number of ether oxygens (including phenoxy) is 1. The van der Waals surface area contributed by atoms with Gasteiger partial charge in [0, 0.05) is 9.84 Å². The fraction of sp³-hybridized carbons (Fsp3) is 0.875. The summed E-state index contributed by atoms with van der Waals surface area (Å²) >= 11 is 2.45. The molecule has 1 saturated heterocycles. The van der Waals surface area contributed by atoms with Gasteiger partial charge in [0.2, 0.25) is 0 Å². The minimum absolute atomic E-state index is 0.0172. The minimum Gasteiger partial charge on any atom is -0.462 e. The Balaban J connectivity index is 2.09. The van der Waals surface area contributed by atoms with Crippen LogP contribution in [0.1, 0.15) is 25.7 Å². The number of carbonyl (C=O) groups excluding carboxylic acids is 1. The summed E-state index contributed by atoms with van der Waals surface area (Å²) in [5.41, 5.74) is 0. The molecule has 2 nitrogen and oxygen atoms in total. The van der Waals surface area contributed by atoms with Gasteiger partial charge in [-0.1, -0.05) is 22.6 Å². The van der Waals surface area contributed by atoms with Crippen LogP contribution in [-0.2, 0) is 9.53 Å². The molecule has 0 aromatic rings. The van der Waals surface area contributed by atoms with E-state index in [0.29, 0.717) is 16.3 Å². The molecule has 3 heteroatoms. The van der Waals surface area contributed by atoms with Gasteiger partial charge in [0.15, 0.2) is 0 Å². The Morgan fingerprint density at radius 1 is 1.45 bits per heavy atom. The molecule has 0 aromatic carbocycles. The zero-order valence-corrected chi connectivity index (χ0v) is 8.41. The summed E-state index contributed by atoms with van der Waals surface area (Å²) in [5.74, 6) is 0.542. The van der Waals surface area contributed by atoms with Crippen LogP contribution in [0.25, 0.3) is 0 Å². The fourth-order valence-electron chi connectivity index (χ4n) is 1.99. The maximum absolute atomic E-state index is 10.9. The van der Waals surface area contributed by atoms with Gasteiger partial charge >= 0.3 is 5.97 Å². The molecule has 2 rings (SSSR count). The normalized spacial score (nSPS) is 43.4. The molecule has 0 radical (unpaired) electrons. The standard InChI is InChI=1S/C8H11IO2/c9-6-2-1-3-7-5(6)4-8(10)11-7/h5-7H,1-4H2/t5-,6+,7+/m1/s1. The highest BCUT2D eigenvalue weighted by Crippen LogP contribution is 2.38. The van der Waals surface area contributed by atoms with Gasteiger partial charge in [0.25, 0.3) is 0 Å². The molecule has 0 bridgehead atoms. The van der Waals surface area contributed by atoms with Crippen molar-refractivity contribution in [3.8, 4) is 0 Å². The summed E-state index contributed by atoms with van der Waals surface area (Å²) in [6, 6.07) is 0. The summed E-state index contributed by atoms with van der Waals surface area (Å²) in [6.45, 7) is 0. The third-order valence-corrected chi connectivity index (χ3v) is 4.14. The van der Waals surface area contributed by atoms with Crippen molar-refractivity contribution in [3.05, 3.63) is 0 Å². The number of carbonyl (C=O) groups is 1. The average Bonchev–Trinajstić information content (AvgIpc) is 2.31. The first-order valence-corrected chi connectivity index (χ1v) is 5.35. The third kappa shape index (κ3) is 1.39. The van der Waals surface area contributed by atoms with Crippen LogP contribution in [0.4, 0.5) is 0 Å². The average molecular weight is 266 g/mol.